The van der Waals surface area contributed by atoms with Gasteiger partial charge in [-0.05, 0) is 36.2 Å². The number of aryl methyl sites for hydroxylation is 1. The summed E-state index contributed by atoms with van der Waals surface area (Å²) in [5.41, 5.74) is 4.19. The van der Waals surface area contributed by atoms with Crippen LogP contribution < -0.4 is 0 Å². The maximum Gasteiger partial charge on any atom is 0.335 e. The summed E-state index contributed by atoms with van der Waals surface area (Å²) < 4.78 is 2.06. The zero-order valence-electron chi connectivity index (χ0n) is 12.0. The van der Waals surface area contributed by atoms with Crippen molar-refractivity contribution in [2.24, 2.45) is 7.05 Å². The molecule has 1 heterocycles. The molecule has 1 N–H and O–H groups in total. The second-order valence-corrected chi connectivity index (χ2v) is 5.15. The number of aromatic carboxylic acids is 1. The van der Waals surface area contributed by atoms with Crippen molar-refractivity contribution >= 4 is 17.0 Å². The third-order valence-corrected chi connectivity index (χ3v) is 3.90. The number of nitrogens with zero attached hydrogens (tertiary/aromatic N) is 2. The molecular formula is C17H16N2O2. The summed E-state index contributed by atoms with van der Waals surface area (Å²) in [4.78, 5) is 15.9. The predicted molar refractivity (Wildman–Crippen MR) is 81.7 cm³/mol. The summed E-state index contributed by atoms with van der Waals surface area (Å²) in [7, 11) is 1.99. The highest BCUT2D eigenvalue weighted by Crippen LogP contribution is 2.20. The van der Waals surface area contributed by atoms with Crippen LogP contribution in [0.25, 0.3) is 11.0 Å². The number of rotatable bonds is 3. The number of carboxylic acid groups (broad SMARTS) is 1. The van der Waals surface area contributed by atoms with Crippen LogP contribution in [0, 0.1) is 6.92 Å². The summed E-state index contributed by atoms with van der Waals surface area (Å²) in [5.74, 6) is 0.0428. The van der Waals surface area contributed by atoms with Crippen LogP contribution >= 0.6 is 0 Å². The minimum absolute atomic E-state index is 0.353. The van der Waals surface area contributed by atoms with Crippen molar-refractivity contribution in [2.45, 2.75) is 13.3 Å². The van der Waals surface area contributed by atoms with Crippen molar-refractivity contribution in [1.29, 1.82) is 0 Å². The molecule has 0 saturated heterocycles. The lowest BCUT2D eigenvalue weighted by molar-refractivity contribution is 0.0696. The number of aromatic nitrogens is 2. The lowest BCUT2D eigenvalue weighted by Gasteiger charge is -2.08. The molecule has 0 saturated carbocycles. The fourth-order valence-electron chi connectivity index (χ4n) is 2.63. The summed E-state index contributed by atoms with van der Waals surface area (Å²) in [6, 6.07) is 13.4. The van der Waals surface area contributed by atoms with Crippen LogP contribution in [0.4, 0.5) is 0 Å². The predicted octanol–water partition coefficient (Wildman–Crippen LogP) is 3.17. The van der Waals surface area contributed by atoms with Crippen LogP contribution in [0.2, 0.25) is 0 Å². The average Bonchev–Trinajstić information content (AvgIpc) is 2.78. The monoisotopic (exact) mass is 280 g/mol. The topological polar surface area (TPSA) is 55.1 Å². The van der Waals surface area contributed by atoms with Gasteiger partial charge in [0.25, 0.3) is 0 Å². The Labute approximate surface area is 122 Å². The zero-order chi connectivity index (χ0) is 15.0. The highest BCUT2D eigenvalue weighted by Gasteiger charge is 2.13. The average molecular weight is 280 g/mol. The van der Waals surface area contributed by atoms with Gasteiger partial charge in [0.1, 0.15) is 5.82 Å². The molecule has 0 radical (unpaired) electrons. The summed E-state index contributed by atoms with van der Waals surface area (Å²) >= 11 is 0. The number of carboxylic acids is 1. The van der Waals surface area contributed by atoms with E-state index < -0.39 is 5.97 Å². The first-order valence-electron chi connectivity index (χ1n) is 6.80. The van der Waals surface area contributed by atoms with Gasteiger partial charge < -0.3 is 9.67 Å². The van der Waals surface area contributed by atoms with Gasteiger partial charge in [-0.15, -0.1) is 0 Å². The van der Waals surface area contributed by atoms with Crippen LogP contribution in [0.5, 0.6) is 0 Å². The number of imidazole rings is 1. The van der Waals surface area contributed by atoms with Gasteiger partial charge in [0, 0.05) is 13.5 Å². The summed E-state index contributed by atoms with van der Waals surface area (Å²) in [5, 5.41) is 9.20. The first kappa shape index (κ1) is 13.4. The van der Waals surface area contributed by atoms with Crippen molar-refractivity contribution in [3.8, 4) is 0 Å². The molecule has 0 atom stereocenters. The molecule has 0 amide bonds. The van der Waals surface area contributed by atoms with Gasteiger partial charge >= 0.3 is 5.97 Å². The van der Waals surface area contributed by atoms with Crippen LogP contribution in [-0.2, 0) is 13.5 Å². The third-order valence-electron chi connectivity index (χ3n) is 3.90. The van der Waals surface area contributed by atoms with E-state index in [0.29, 0.717) is 12.0 Å². The molecule has 0 aliphatic rings. The van der Waals surface area contributed by atoms with Crippen molar-refractivity contribution in [2.75, 3.05) is 0 Å². The van der Waals surface area contributed by atoms with E-state index in [-0.39, 0.29) is 0 Å². The van der Waals surface area contributed by atoms with Crippen molar-refractivity contribution < 1.29 is 9.90 Å². The number of carbonyl (C=O) groups is 1. The van der Waals surface area contributed by atoms with Crippen LogP contribution in [0.15, 0.2) is 42.5 Å². The maximum absolute atomic E-state index is 11.2. The van der Waals surface area contributed by atoms with E-state index in [1.807, 2.05) is 44.3 Å². The Morgan fingerprint density at radius 1 is 1.19 bits per heavy atom. The van der Waals surface area contributed by atoms with Gasteiger partial charge in [-0.1, -0.05) is 24.3 Å². The first-order valence-corrected chi connectivity index (χ1v) is 6.80. The molecule has 0 spiro atoms. The van der Waals surface area contributed by atoms with Gasteiger partial charge in [-0.3, -0.25) is 0 Å². The molecule has 0 bridgehead atoms. The standard InChI is InChI=1S/C17H16N2O2/c1-11-12(6-5-7-13(11)17(20)21)10-16-18-14-8-3-4-9-15(14)19(16)2/h3-9H,10H2,1-2H3,(H,20,21). The van der Waals surface area contributed by atoms with Gasteiger partial charge in [0.15, 0.2) is 0 Å². The molecular weight excluding hydrogens is 264 g/mol. The quantitative estimate of drug-likeness (QED) is 0.801. The minimum Gasteiger partial charge on any atom is -0.478 e. The lowest BCUT2D eigenvalue weighted by atomic mass is 10.00. The zero-order valence-corrected chi connectivity index (χ0v) is 12.0. The summed E-state index contributed by atoms with van der Waals surface area (Å²) in [6.45, 7) is 1.85. The normalized spacial score (nSPS) is 11.0. The number of benzene rings is 2. The summed E-state index contributed by atoms with van der Waals surface area (Å²) in [6.07, 6.45) is 0.623. The van der Waals surface area contributed by atoms with E-state index in [4.69, 9.17) is 0 Å². The Kier molecular flexibility index (Phi) is 3.22. The number of para-hydroxylation sites is 2. The molecule has 0 fully saturated rings. The van der Waals surface area contributed by atoms with Gasteiger partial charge in [0.05, 0.1) is 16.6 Å². The van der Waals surface area contributed by atoms with E-state index >= 15 is 0 Å². The molecule has 2 aromatic carbocycles. The van der Waals surface area contributed by atoms with Crippen molar-refractivity contribution in [3.63, 3.8) is 0 Å². The Bertz CT molecular complexity index is 834. The lowest BCUT2D eigenvalue weighted by Crippen LogP contribution is -2.05. The Balaban J connectivity index is 2.05. The van der Waals surface area contributed by atoms with Crippen LogP contribution in [0.3, 0.4) is 0 Å². The Morgan fingerprint density at radius 2 is 1.95 bits per heavy atom. The molecule has 106 valence electrons. The number of hydrogen-bond donors (Lipinski definition) is 1. The first-order chi connectivity index (χ1) is 10.1. The van der Waals surface area contributed by atoms with E-state index in [2.05, 4.69) is 9.55 Å². The van der Waals surface area contributed by atoms with Gasteiger partial charge in [0.2, 0.25) is 0 Å². The largest absolute Gasteiger partial charge is 0.478 e. The molecule has 3 rings (SSSR count). The molecule has 4 heteroatoms. The highest BCUT2D eigenvalue weighted by molar-refractivity contribution is 5.89. The Hall–Kier alpha value is -2.62. The molecule has 0 unspecified atom stereocenters. The molecule has 21 heavy (non-hydrogen) atoms. The maximum atomic E-state index is 11.2. The molecule has 4 nitrogen and oxygen atoms in total. The van der Waals surface area contributed by atoms with Crippen LogP contribution in [0.1, 0.15) is 27.3 Å². The highest BCUT2D eigenvalue weighted by atomic mass is 16.4. The van der Waals surface area contributed by atoms with E-state index in [1.54, 1.807) is 12.1 Å². The second kappa shape index (κ2) is 5.05. The number of fused-ring (bicyclic) bond motifs is 1. The minimum atomic E-state index is -0.889. The third kappa shape index (κ3) is 2.29. The van der Waals surface area contributed by atoms with Crippen molar-refractivity contribution in [3.05, 3.63) is 65.0 Å². The Morgan fingerprint density at radius 3 is 2.67 bits per heavy atom. The van der Waals surface area contributed by atoms with Gasteiger partial charge in [-0.25, -0.2) is 9.78 Å². The molecule has 0 aliphatic heterocycles. The van der Waals surface area contributed by atoms with Crippen molar-refractivity contribution in [1.82, 2.24) is 9.55 Å². The second-order valence-electron chi connectivity index (χ2n) is 5.15. The van der Waals surface area contributed by atoms with E-state index in [9.17, 15) is 9.90 Å². The van der Waals surface area contributed by atoms with Crippen LogP contribution in [-0.4, -0.2) is 20.6 Å². The number of hydrogen-bond acceptors (Lipinski definition) is 2. The fourth-order valence-corrected chi connectivity index (χ4v) is 2.63. The smallest absolute Gasteiger partial charge is 0.335 e. The fraction of sp³-hybridized carbons (Fsp3) is 0.176. The van der Waals surface area contributed by atoms with E-state index in [0.717, 1.165) is 28.0 Å². The van der Waals surface area contributed by atoms with Gasteiger partial charge in [-0.2, -0.15) is 0 Å². The SMILES string of the molecule is Cc1c(Cc2nc3ccccc3n2C)cccc1C(=O)O. The molecule has 1 aromatic heterocycles. The molecule has 3 aromatic rings. The molecule has 0 aliphatic carbocycles. The van der Waals surface area contributed by atoms with E-state index in [1.165, 1.54) is 0 Å².